The predicted octanol–water partition coefficient (Wildman–Crippen LogP) is 1.92. The Bertz CT molecular complexity index is 952. The molecule has 1 heterocycles. The fourth-order valence-electron chi connectivity index (χ4n) is 2.45. The van der Waals surface area contributed by atoms with E-state index in [4.69, 9.17) is 5.73 Å². The second kappa shape index (κ2) is 7.22. The van der Waals surface area contributed by atoms with Gasteiger partial charge in [0.2, 0.25) is 5.91 Å². The van der Waals surface area contributed by atoms with Gasteiger partial charge in [0.1, 0.15) is 11.9 Å². The highest BCUT2D eigenvalue weighted by atomic mass is 19.1. The molecular weight excluding hydrogens is 337 g/mol. The third kappa shape index (κ3) is 3.80. The van der Waals surface area contributed by atoms with Crippen molar-refractivity contribution in [1.29, 1.82) is 0 Å². The average Bonchev–Trinajstić information content (AvgIpc) is 3.04. The molecule has 3 rings (SSSR count). The SMILES string of the molecule is C[C@H](NC(=O)c1n[nH]c2cc(NCc3ccc(F)cc3)ccc12)C(N)=O. The summed E-state index contributed by atoms with van der Waals surface area (Å²) in [5.74, 6) is -1.37. The van der Waals surface area contributed by atoms with E-state index >= 15 is 0 Å². The zero-order valence-corrected chi connectivity index (χ0v) is 14.0. The molecule has 0 spiro atoms. The van der Waals surface area contributed by atoms with Crippen LogP contribution in [0.5, 0.6) is 0 Å². The van der Waals surface area contributed by atoms with Gasteiger partial charge in [-0.05, 0) is 42.8 Å². The van der Waals surface area contributed by atoms with Gasteiger partial charge in [-0.25, -0.2) is 4.39 Å². The van der Waals surface area contributed by atoms with Crippen molar-refractivity contribution in [3.63, 3.8) is 0 Å². The molecule has 134 valence electrons. The van der Waals surface area contributed by atoms with Crippen LogP contribution in [-0.2, 0) is 11.3 Å². The summed E-state index contributed by atoms with van der Waals surface area (Å²) in [6.45, 7) is 2.04. The maximum Gasteiger partial charge on any atom is 0.273 e. The van der Waals surface area contributed by atoms with Gasteiger partial charge in [0.25, 0.3) is 5.91 Å². The van der Waals surface area contributed by atoms with E-state index in [-0.39, 0.29) is 11.5 Å². The van der Waals surface area contributed by atoms with Crippen LogP contribution in [0.1, 0.15) is 23.0 Å². The number of primary amides is 1. The number of aromatic nitrogens is 2. The molecule has 0 aliphatic rings. The second-order valence-corrected chi connectivity index (χ2v) is 5.91. The van der Waals surface area contributed by atoms with Crippen molar-refractivity contribution in [1.82, 2.24) is 15.5 Å². The molecule has 0 fully saturated rings. The second-order valence-electron chi connectivity index (χ2n) is 5.91. The number of aromatic amines is 1. The molecule has 0 saturated carbocycles. The van der Waals surface area contributed by atoms with Crippen molar-refractivity contribution in [3.05, 3.63) is 59.5 Å². The average molecular weight is 355 g/mol. The largest absolute Gasteiger partial charge is 0.381 e. The van der Waals surface area contributed by atoms with Crippen molar-refractivity contribution in [2.45, 2.75) is 19.5 Å². The zero-order valence-electron chi connectivity index (χ0n) is 14.0. The number of hydrogen-bond acceptors (Lipinski definition) is 4. The van der Waals surface area contributed by atoms with Gasteiger partial charge in [-0.3, -0.25) is 14.7 Å². The summed E-state index contributed by atoms with van der Waals surface area (Å²) in [6.07, 6.45) is 0. The molecule has 0 bridgehead atoms. The van der Waals surface area contributed by atoms with Crippen molar-refractivity contribution in [2.24, 2.45) is 5.73 Å². The highest BCUT2D eigenvalue weighted by Crippen LogP contribution is 2.21. The fourth-order valence-corrected chi connectivity index (χ4v) is 2.45. The Morgan fingerprint density at radius 1 is 1.23 bits per heavy atom. The van der Waals surface area contributed by atoms with Crippen molar-refractivity contribution in [3.8, 4) is 0 Å². The number of fused-ring (bicyclic) bond motifs is 1. The number of benzene rings is 2. The van der Waals surface area contributed by atoms with E-state index in [1.165, 1.54) is 19.1 Å². The predicted molar refractivity (Wildman–Crippen MR) is 95.9 cm³/mol. The van der Waals surface area contributed by atoms with Crippen molar-refractivity contribution >= 4 is 28.4 Å². The summed E-state index contributed by atoms with van der Waals surface area (Å²) >= 11 is 0. The molecule has 2 aromatic carbocycles. The molecule has 0 unspecified atom stereocenters. The molecule has 0 aliphatic heterocycles. The summed E-state index contributed by atoms with van der Waals surface area (Å²) in [5, 5.41) is 13.2. The molecule has 0 aliphatic carbocycles. The molecule has 8 heteroatoms. The van der Waals surface area contributed by atoms with Crippen LogP contribution in [0.3, 0.4) is 0 Å². The Balaban J connectivity index is 1.73. The first-order valence-corrected chi connectivity index (χ1v) is 8.00. The van der Waals surface area contributed by atoms with Crippen LogP contribution in [0, 0.1) is 5.82 Å². The van der Waals surface area contributed by atoms with Crippen LogP contribution >= 0.6 is 0 Å². The zero-order chi connectivity index (χ0) is 18.7. The normalized spacial score (nSPS) is 11.9. The number of nitrogens with zero attached hydrogens (tertiary/aromatic N) is 1. The lowest BCUT2D eigenvalue weighted by molar-refractivity contribution is -0.119. The third-order valence-electron chi connectivity index (χ3n) is 3.96. The Hall–Kier alpha value is -3.42. The minimum atomic E-state index is -0.786. The first kappa shape index (κ1) is 17.4. The molecule has 0 saturated heterocycles. The van der Waals surface area contributed by atoms with Gasteiger partial charge in [0.15, 0.2) is 5.69 Å². The summed E-state index contributed by atoms with van der Waals surface area (Å²) in [4.78, 5) is 23.3. The van der Waals surface area contributed by atoms with E-state index in [0.29, 0.717) is 17.4 Å². The topological polar surface area (TPSA) is 113 Å². The number of rotatable bonds is 6. The Kier molecular flexibility index (Phi) is 4.83. The molecule has 2 amide bonds. The fraction of sp³-hybridized carbons (Fsp3) is 0.167. The summed E-state index contributed by atoms with van der Waals surface area (Å²) < 4.78 is 12.9. The number of carbonyl (C=O) groups excluding carboxylic acids is 2. The van der Waals surface area contributed by atoms with E-state index in [1.54, 1.807) is 18.2 Å². The minimum Gasteiger partial charge on any atom is -0.381 e. The summed E-state index contributed by atoms with van der Waals surface area (Å²) in [6, 6.07) is 10.8. The number of amides is 2. The minimum absolute atomic E-state index is 0.193. The Labute approximate surface area is 148 Å². The number of H-pyrrole nitrogens is 1. The van der Waals surface area contributed by atoms with E-state index < -0.39 is 17.9 Å². The van der Waals surface area contributed by atoms with Crippen LogP contribution < -0.4 is 16.4 Å². The number of carbonyl (C=O) groups is 2. The molecule has 1 atom stereocenters. The smallest absolute Gasteiger partial charge is 0.273 e. The molecule has 7 nitrogen and oxygen atoms in total. The third-order valence-corrected chi connectivity index (χ3v) is 3.96. The maximum absolute atomic E-state index is 12.9. The summed E-state index contributed by atoms with van der Waals surface area (Å²) in [5.41, 5.74) is 7.78. The maximum atomic E-state index is 12.9. The van der Waals surface area contributed by atoms with Gasteiger partial charge in [-0.1, -0.05) is 12.1 Å². The van der Waals surface area contributed by atoms with E-state index in [1.807, 2.05) is 12.1 Å². The molecule has 0 radical (unpaired) electrons. The van der Waals surface area contributed by atoms with Gasteiger partial charge < -0.3 is 16.4 Å². The first-order valence-electron chi connectivity index (χ1n) is 8.00. The monoisotopic (exact) mass is 355 g/mol. The van der Waals surface area contributed by atoms with Crippen LogP contribution in [0.25, 0.3) is 10.9 Å². The van der Waals surface area contributed by atoms with E-state index in [0.717, 1.165) is 11.3 Å². The summed E-state index contributed by atoms with van der Waals surface area (Å²) in [7, 11) is 0. The quantitative estimate of drug-likeness (QED) is 0.541. The molecule has 3 aromatic rings. The highest BCUT2D eigenvalue weighted by molar-refractivity contribution is 6.06. The van der Waals surface area contributed by atoms with Gasteiger partial charge >= 0.3 is 0 Å². The van der Waals surface area contributed by atoms with Gasteiger partial charge in [0.05, 0.1) is 5.52 Å². The number of halogens is 1. The van der Waals surface area contributed by atoms with Gasteiger partial charge in [0, 0.05) is 17.6 Å². The van der Waals surface area contributed by atoms with Gasteiger partial charge in [-0.2, -0.15) is 5.10 Å². The lowest BCUT2D eigenvalue weighted by Gasteiger charge is -2.09. The number of anilines is 1. The molecule has 26 heavy (non-hydrogen) atoms. The van der Waals surface area contributed by atoms with Crippen LogP contribution in [0.15, 0.2) is 42.5 Å². The van der Waals surface area contributed by atoms with Crippen LogP contribution in [0.4, 0.5) is 10.1 Å². The number of nitrogens with two attached hydrogens (primary N) is 1. The van der Waals surface area contributed by atoms with E-state index in [9.17, 15) is 14.0 Å². The molecule has 5 N–H and O–H groups in total. The van der Waals surface area contributed by atoms with Crippen LogP contribution in [-0.4, -0.2) is 28.1 Å². The first-order chi connectivity index (χ1) is 12.4. The van der Waals surface area contributed by atoms with Crippen LogP contribution in [0.2, 0.25) is 0 Å². The standard InChI is InChI=1S/C18H18FN5O2/c1-10(17(20)25)22-18(26)16-14-7-6-13(8-15(14)23-24-16)21-9-11-2-4-12(19)5-3-11/h2-8,10,21H,9H2,1H3,(H2,20,25)(H,22,26)(H,23,24)/t10-/m0/s1. The lowest BCUT2D eigenvalue weighted by atomic mass is 10.1. The molecular formula is C18H18FN5O2. The van der Waals surface area contributed by atoms with Crippen molar-refractivity contribution < 1.29 is 14.0 Å². The van der Waals surface area contributed by atoms with Gasteiger partial charge in [-0.15, -0.1) is 0 Å². The number of nitrogens with one attached hydrogen (secondary N) is 3. The number of hydrogen-bond donors (Lipinski definition) is 4. The highest BCUT2D eigenvalue weighted by Gasteiger charge is 2.18. The Morgan fingerprint density at radius 3 is 2.65 bits per heavy atom. The van der Waals surface area contributed by atoms with Crippen molar-refractivity contribution in [2.75, 3.05) is 5.32 Å². The molecule has 1 aromatic heterocycles. The lowest BCUT2D eigenvalue weighted by Crippen LogP contribution is -2.42. The Morgan fingerprint density at radius 2 is 1.96 bits per heavy atom. The van der Waals surface area contributed by atoms with E-state index in [2.05, 4.69) is 20.8 Å².